The van der Waals surface area contributed by atoms with Crippen LogP contribution < -0.4 is 14.4 Å². The summed E-state index contributed by atoms with van der Waals surface area (Å²) in [6, 6.07) is 27.3. The summed E-state index contributed by atoms with van der Waals surface area (Å²) in [4.78, 5) is 22.6. The second kappa shape index (κ2) is 11.4. The highest BCUT2D eigenvalue weighted by molar-refractivity contribution is 6.01. The maximum atomic E-state index is 14.5. The van der Waals surface area contributed by atoms with Crippen LogP contribution >= 0.6 is 0 Å². The highest BCUT2D eigenvalue weighted by Crippen LogP contribution is 2.41. The Balaban J connectivity index is 1.85. The van der Waals surface area contributed by atoms with Crippen molar-refractivity contribution < 1.29 is 14.3 Å². The van der Waals surface area contributed by atoms with Gasteiger partial charge in [0.25, 0.3) is 0 Å². The van der Waals surface area contributed by atoms with Crippen LogP contribution in [0.3, 0.4) is 0 Å². The summed E-state index contributed by atoms with van der Waals surface area (Å²) >= 11 is 0. The Bertz CT molecular complexity index is 1270. The molecule has 4 aromatic rings. The number of benzene rings is 3. The maximum absolute atomic E-state index is 14.5. The third-order valence-electron chi connectivity index (χ3n) is 6.09. The van der Waals surface area contributed by atoms with E-state index in [0.29, 0.717) is 36.1 Å². The monoisotopic (exact) mass is 481 g/mol. The number of carbonyl (C=O) groups is 1. The minimum Gasteiger partial charge on any atom is -0.496 e. The van der Waals surface area contributed by atoms with Gasteiger partial charge in [-0.1, -0.05) is 66.7 Å². The first kappa shape index (κ1) is 24.8. The Hall–Kier alpha value is -4.32. The van der Waals surface area contributed by atoms with Crippen LogP contribution in [-0.4, -0.2) is 30.1 Å². The molecule has 2 amide bonds. The van der Waals surface area contributed by atoms with Crippen molar-refractivity contribution in [1.29, 1.82) is 0 Å². The minimum absolute atomic E-state index is 0.202. The number of rotatable bonds is 8. The highest BCUT2D eigenvalue weighted by Gasteiger charge is 2.30. The van der Waals surface area contributed by atoms with Gasteiger partial charge in [-0.25, -0.2) is 14.7 Å². The van der Waals surface area contributed by atoms with Crippen molar-refractivity contribution in [3.63, 3.8) is 0 Å². The second-order valence-electron chi connectivity index (χ2n) is 8.53. The largest absolute Gasteiger partial charge is 0.496 e. The predicted molar refractivity (Wildman–Crippen MR) is 143 cm³/mol. The Morgan fingerprint density at radius 2 is 1.39 bits per heavy atom. The number of nitrogens with zero attached hydrogens (tertiary/aromatic N) is 3. The van der Waals surface area contributed by atoms with E-state index >= 15 is 0 Å². The van der Waals surface area contributed by atoms with E-state index in [1.807, 2.05) is 104 Å². The molecule has 0 radical (unpaired) electrons. The lowest BCUT2D eigenvalue weighted by Gasteiger charge is -2.32. The normalized spacial score (nSPS) is 10.6. The van der Waals surface area contributed by atoms with Crippen molar-refractivity contribution in [3.05, 3.63) is 113 Å². The topological polar surface area (TPSA) is 54.9 Å². The molecule has 4 rings (SSSR count). The van der Waals surface area contributed by atoms with E-state index in [1.54, 1.807) is 25.3 Å². The lowest BCUT2D eigenvalue weighted by atomic mass is 10.1. The number of amides is 2. The van der Waals surface area contributed by atoms with Crippen LogP contribution in [0.1, 0.15) is 22.3 Å². The smallest absolute Gasteiger partial charge is 0.331 e. The van der Waals surface area contributed by atoms with Gasteiger partial charge in [0.1, 0.15) is 17.3 Å². The van der Waals surface area contributed by atoms with Gasteiger partial charge in [-0.05, 0) is 48.7 Å². The van der Waals surface area contributed by atoms with Gasteiger partial charge in [0.15, 0.2) is 0 Å². The highest BCUT2D eigenvalue weighted by atomic mass is 16.5. The lowest BCUT2D eigenvalue weighted by Crippen LogP contribution is -2.41. The van der Waals surface area contributed by atoms with Gasteiger partial charge in [-0.15, -0.1) is 0 Å². The lowest BCUT2D eigenvalue weighted by molar-refractivity contribution is 0.201. The van der Waals surface area contributed by atoms with Crippen molar-refractivity contribution in [2.24, 2.45) is 0 Å². The molecule has 0 fully saturated rings. The molecule has 0 saturated carbocycles. The average molecular weight is 482 g/mol. The molecule has 0 atom stereocenters. The van der Waals surface area contributed by atoms with Crippen molar-refractivity contribution in [3.8, 4) is 11.5 Å². The molecule has 36 heavy (non-hydrogen) atoms. The van der Waals surface area contributed by atoms with E-state index in [0.717, 1.165) is 22.3 Å². The summed E-state index contributed by atoms with van der Waals surface area (Å²) in [6.07, 6.45) is 1.70. The summed E-state index contributed by atoms with van der Waals surface area (Å²) in [5.41, 5.74) is 4.37. The first-order chi connectivity index (χ1) is 17.5. The van der Waals surface area contributed by atoms with Gasteiger partial charge < -0.3 is 14.4 Å². The summed E-state index contributed by atoms with van der Waals surface area (Å²) in [5.74, 6) is 1.80. The molecule has 0 N–H and O–H groups in total. The van der Waals surface area contributed by atoms with Crippen molar-refractivity contribution in [1.82, 2.24) is 9.88 Å². The third-order valence-corrected chi connectivity index (χ3v) is 6.09. The number of hydrogen-bond donors (Lipinski definition) is 0. The Labute approximate surface area is 212 Å². The van der Waals surface area contributed by atoms with Crippen LogP contribution in [0.2, 0.25) is 0 Å². The molecule has 184 valence electrons. The van der Waals surface area contributed by atoms with Crippen molar-refractivity contribution in [2.45, 2.75) is 26.9 Å². The second-order valence-corrected chi connectivity index (χ2v) is 8.53. The SMILES string of the molecule is COc1ccc(N(C(=O)N(Cc2ccccc2)Cc2ccccc2)c2ncccc2C)c(OC)c1C. The van der Waals surface area contributed by atoms with Crippen LogP contribution in [0.15, 0.2) is 91.1 Å². The zero-order chi connectivity index (χ0) is 25.5. The Kier molecular flexibility index (Phi) is 7.85. The number of carbonyl (C=O) groups excluding carboxylic acids is 1. The fraction of sp³-hybridized carbons (Fsp3) is 0.200. The fourth-order valence-electron chi connectivity index (χ4n) is 4.27. The van der Waals surface area contributed by atoms with Crippen LogP contribution in [0.25, 0.3) is 0 Å². The maximum Gasteiger partial charge on any atom is 0.331 e. The molecule has 0 aliphatic carbocycles. The number of aromatic nitrogens is 1. The molecule has 3 aromatic carbocycles. The molecule has 0 bridgehead atoms. The van der Waals surface area contributed by atoms with E-state index in [9.17, 15) is 4.79 Å². The van der Waals surface area contributed by atoms with Gasteiger partial charge >= 0.3 is 6.03 Å². The predicted octanol–water partition coefficient (Wildman–Crippen LogP) is 6.68. The molecular weight excluding hydrogens is 450 g/mol. The molecule has 0 unspecified atom stereocenters. The van der Waals surface area contributed by atoms with E-state index in [2.05, 4.69) is 4.98 Å². The number of ether oxygens (including phenoxy) is 2. The van der Waals surface area contributed by atoms with Crippen LogP contribution in [0, 0.1) is 13.8 Å². The molecule has 1 aromatic heterocycles. The van der Waals surface area contributed by atoms with Crippen LogP contribution in [0.5, 0.6) is 11.5 Å². The summed E-state index contributed by atoms with van der Waals surface area (Å²) in [6.45, 7) is 4.74. The Morgan fingerprint density at radius 3 is 1.92 bits per heavy atom. The standard InChI is InChI=1S/C30H31N3O3/c1-22-12-11-19-31-29(22)33(26-17-18-27(35-3)23(2)28(26)36-4)30(34)32(20-24-13-7-5-8-14-24)21-25-15-9-6-10-16-25/h5-19H,20-21H2,1-4H3. The molecule has 0 aliphatic heterocycles. The molecule has 1 heterocycles. The average Bonchev–Trinajstić information content (AvgIpc) is 2.91. The Morgan fingerprint density at radius 1 is 0.778 bits per heavy atom. The number of methoxy groups -OCH3 is 2. The van der Waals surface area contributed by atoms with Crippen molar-refractivity contribution >= 4 is 17.5 Å². The zero-order valence-corrected chi connectivity index (χ0v) is 21.1. The van der Waals surface area contributed by atoms with Gasteiger partial charge in [-0.3, -0.25) is 0 Å². The minimum atomic E-state index is -0.202. The van der Waals surface area contributed by atoms with E-state index < -0.39 is 0 Å². The molecule has 6 nitrogen and oxygen atoms in total. The first-order valence-electron chi connectivity index (χ1n) is 11.8. The summed E-state index contributed by atoms with van der Waals surface area (Å²) in [7, 11) is 3.22. The third kappa shape index (κ3) is 5.33. The number of hydrogen-bond acceptors (Lipinski definition) is 4. The fourth-order valence-corrected chi connectivity index (χ4v) is 4.27. The van der Waals surface area contributed by atoms with Gasteiger partial charge in [0, 0.05) is 24.8 Å². The summed E-state index contributed by atoms with van der Waals surface area (Å²) in [5, 5.41) is 0. The first-order valence-corrected chi connectivity index (χ1v) is 11.8. The number of urea groups is 1. The van der Waals surface area contributed by atoms with Crippen LogP contribution in [-0.2, 0) is 13.1 Å². The summed E-state index contributed by atoms with van der Waals surface area (Å²) < 4.78 is 11.3. The van der Waals surface area contributed by atoms with Gasteiger partial charge in [-0.2, -0.15) is 0 Å². The van der Waals surface area contributed by atoms with Crippen molar-refractivity contribution in [2.75, 3.05) is 19.1 Å². The van der Waals surface area contributed by atoms with E-state index in [-0.39, 0.29) is 6.03 Å². The molecular formula is C30H31N3O3. The van der Waals surface area contributed by atoms with E-state index in [4.69, 9.17) is 9.47 Å². The quantitative estimate of drug-likeness (QED) is 0.282. The zero-order valence-electron chi connectivity index (χ0n) is 21.1. The molecule has 6 heteroatoms. The number of anilines is 2. The van der Waals surface area contributed by atoms with Gasteiger partial charge in [0.2, 0.25) is 0 Å². The van der Waals surface area contributed by atoms with Gasteiger partial charge in [0.05, 0.1) is 19.9 Å². The van der Waals surface area contributed by atoms with Crippen LogP contribution in [0.4, 0.5) is 16.3 Å². The number of pyridine rings is 1. The molecule has 0 spiro atoms. The molecule has 0 aliphatic rings. The number of aryl methyl sites for hydroxylation is 1. The van der Waals surface area contributed by atoms with E-state index in [1.165, 1.54) is 0 Å². The molecule has 0 saturated heterocycles.